The Morgan fingerprint density at radius 3 is 2.43 bits per heavy atom. The summed E-state index contributed by atoms with van der Waals surface area (Å²) >= 11 is 0. The first-order valence-electron chi connectivity index (χ1n) is 5.18. The molecule has 0 aliphatic rings. The molecule has 2 N–H and O–H groups in total. The molecule has 0 aromatic carbocycles. The number of hydrogen-bond donors (Lipinski definition) is 2. The lowest BCUT2D eigenvalue weighted by molar-refractivity contribution is 0.205. The van der Waals surface area contributed by atoms with Crippen LogP contribution in [-0.4, -0.2) is 48.3 Å². The van der Waals surface area contributed by atoms with Crippen LogP contribution in [0.25, 0.3) is 0 Å². The van der Waals surface area contributed by atoms with Crippen LogP contribution in [0.3, 0.4) is 0 Å². The van der Waals surface area contributed by atoms with E-state index in [4.69, 9.17) is 5.11 Å². The van der Waals surface area contributed by atoms with Gasteiger partial charge in [0.1, 0.15) is 0 Å². The van der Waals surface area contributed by atoms with E-state index in [1.165, 1.54) is 0 Å². The maximum Gasteiger partial charge on any atom is 0.0558 e. The van der Waals surface area contributed by atoms with Gasteiger partial charge < -0.3 is 10.4 Å². The minimum Gasteiger partial charge on any atom is -0.395 e. The van der Waals surface area contributed by atoms with E-state index in [0.29, 0.717) is 0 Å². The molecule has 0 unspecified atom stereocenters. The molecule has 0 aromatic rings. The monoisotopic (exact) mass is 200 g/mol. The van der Waals surface area contributed by atoms with Crippen LogP contribution < -0.4 is 5.32 Å². The van der Waals surface area contributed by atoms with Gasteiger partial charge in [-0.3, -0.25) is 4.90 Å². The lowest BCUT2D eigenvalue weighted by Crippen LogP contribution is -2.42. The second kappa shape index (κ2) is 6.98. The number of rotatable bonds is 7. The van der Waals surface area contributed by atoms with Crippen LogP contribution >= 0.6 is 0 Å². The normalized spacial score (nSPS) is 12.1. The highest BCUT2D eigenvalue weighted by molar-refractivity contribution is 4.76. The number of hydrogen-bond acceptors (Lipinski definition) is 3. The maximum atomic E-state index is 8.83. The maximum absolute atomic E-state index is 8.83. The van der Waals surface area contributed by atoms with Crippen molar-refractivity contribution in [3.05, 3.63) is 12.7 Å². The number of nitrogens with one attached hydrogen (secondary N) is 1. The minimum absolute atomic E-state index is 0.166. The fourth-order valence-corrected chi connectivity index (χ4v) is 1.21. The molecule has 0 aliphatic heterocycles. The van der Waals surface area contributed by atoms with Crippen molar-refractivity contribution < 1.29 is 5.11 Å². The molecule has 0 spiro atoms. The zero-order chi connectivity index (χ0) is 11.0. The molecule has 0 rings (SSSR count). The second-order valence-electron chi connectivity index (χ2n) is 4.49. The Kier molecular flexibility index (Phi) is 6.79. The average Bonchev–Trinajstić information content (AvgIpc) is 2.02. The first kappa shape index (κ1) is 13.6. The van der Waals surface area contributed by atoms with Crippen LogP contribution in [0.1, 0.15) is 20.8 Å². The van der Waals surface area contributed by atoms with Crippen LogP contribution in [0.5, 0.6) is 0 Å². The van der Waals surface area contributed by atoms with Gasteiger partial charge in [-0.05, 0) is 20.8 Å². The van der Waals surface area contributed by atoms with Crippen molar-refractivity contribution in [1.82, 2.24) is 10.2 Å². The van der Waals surface area contributed by atoms with Gasteiger partial charge in [-0.2, -0.15) is 0 Å². The van der Waals surface area contributed by atoms with Crippen LogP contribution in [0.15, 0.2) is 12.7 Å². The summed E-state index contributed by atoms with van der Waals surface area (Å²) in [6, 6.07) is 0. The Hall–Kier alpha value is -0.380. The molecule has 0 saturated carbocycles. The second-order valence-corrected chi connectivity index (χ2v) is 4.49. The molecule has 0 bridgehead atoms. The topological polar surface area (TPSA) is 35.5 Å². The standard InChI is InChI=1S/C11H24N2O/c1-5-7-13(9-10-14)8-6-12-11(2,3)4/h5,12,14H,1,6-10H2,2-4H3. The number of aliphatic hydroxyl groups is 1. The summed E-state index contributed by atoms with van der Waals surface area (Å²) in [5.41, 5.74) is 0.166. The average molecular weight is 200 g/mol. The molecule has 0 heterocycles. The van der Waals surface area contributed by atoms with Crippen molar-refractivity contribution in [1.29, 1.82) is 0 Å². The highest BCUT2D eigenvalue weighted by atomic mass is 16.3. The Morgan fingerprint density at radius 2 is 2.00 bits per heavy atom. The molecule has 0 amide bonds. The van der Waals surface area contributed by atoms with E-state index in [1.54, 1.807) is 0 Å². The van der Waals surface area contributed by atoms with Gasteiger partial charge in [0.05, 0.1) is 6.61 Å². The van der Waals surface area contributed by atoms with Gasteiger partial charge in [-0.1, -0.05) is 6.08 Å². The molecule has 0 saturated heterocycles. The van der Waals surface area contributed by atoms with Crippen molar-refractivity contribution in [2.24, 2.45) is 0 Å². The first-order valence-corrected chi connectivity index (χ1v) is 5.18. The predicted octanol–water partition coefficient (Wildman–Crippen LogP) is 0.855. The van der Waals surface area contributed by atoms with Crippen LogP contribution in [-0.2, 0) is 0 Å². The van der Waals surface area contributed by atoms with E-state index in [2.05, 4.69) is 37.6 Å². The molecule has 0 radical (unpaired) electrons. The molecule has 0 aromatic heterocycles. The van der Waals surface area contributed by atoms with Crippen LogP contribution in [0.2, 0.25) is 0 Å². The predicted molar refractivity (Wildman–Crippen MR) is 61.5 cm³/mol. The Bertz CT molecular complexity index is 152. The zero-order valence-electron chi connectivity index (χ0n) is 9.71. The first-order chi connectivity index (χ1) is 6.49. The minimum atomic E-state index is 0.166. The summed E-state index contributed by atoms with van der Waals surface area (Å²) in [5.74, 6) is 0. The zero-order valence-corrected chi connectivity index (χ0v) is 9.71. The van der Waals surface area contributed by atoms with E-state index in [0.717, 1.165) is 26.2 Å². The van der Waals surface area contributed by atoms with E-state index < -0.39 is 0 Å². The van der Waals surface area contributed by atoms with Crippen molar-refractivity contribution >= 4 is 0 Å². The molecule has 0 fully saturated rings. The highest BCUT2D eigenvalue weighted by Crippen LogP contribution is 1.97. The van der Waals surface area contributed by atoms with Gasteiger partial charge in [0.15, 0.2) is 0 Å². The summed E-state index contributed by atoms with van der Waals surface area (Å²) in [4.78, 5) is 2.17. The lowest BCUT2D eigenvalue weighted by atomic mass is 10.1. The van der Waals surface area contributed by atoms with Crippen LogP contribution in [0, 0.1) is 0 Å². The van der Waals surface area contributed by atoms with Gasteiger partial charge in [0.2, 0.25) is 0 Å². The van der Waals surface area contributed by atoms with Gasteiger partial charge in [0, 0.05) is 31.7 Å². The SMILES string of the molecule is C=CCN(CCO)CCNC(C)(C)C. The molecule has 3 heteroatoms. The fourth-order valence-electron chi connectivity index (χ4n) is 1.21. The summed E-state index contributed by atoms with van der Waals surface area (Å²) in [7, 11) is 0. The highest BCUT2D eigenvalue weighted by Gasteiger charge is 2.09. The van der Waals surface area contributed by atoms with Gasteiger partial charge in [-0.15, -0.1) is 6.58 Å². The third-order valence-electron chi connectivity index (χ3n) is 1.89. The smallest absolute Gasteiger partial charge is 0.0558 e. The van der Waals surface area contributed by atoms with E-state index in [9.17, 15) is 0 Å². The molecule has 14 heavy (non-hydrogen) atoms. The molecule has 3 nitrogen and oxygen atoms in total. The van der Waals surface area contributed by atoms with Crippen molar-refractivity contribution in [3.8, 4) is 0 Å². The Labute approximate surface area is 87.8 Å². The van der Waals surface area contributed by atoms with Gasteiger partial charge in [-0.25, -0.2) is 0 Å². The fraction of sp³-hybridized carbons (Fsp3) is 0.818. The molecular formula is C11H24N2O. The molecule has 0 aliphatic carbocycles. The summed E-state index contributed by atoms with van der Waals surface area (Å²) in [5, 5.41) is 12.2. The summed E-state index contributed by atoms with van der Waals surface area (Å²) in [6.45, 7) is 13.8. The lowest BCUT2D eigenvalue weighted by Gasteiger charge is -2.24. The number of nitrogens with zero attached hydrogens (tertiary/aromatic N) is 1. The van der Waals surface area contributed by atoms with Crippen molar-refractivity contribution in [3.63, 3.8) is 0 Å². The summed E-state index contributed by atoms with van der Waals surface area (Å²) in [6.07, 6.45) is 1.87. The largest absolute Gasteiger partial charge is 0.395 e. The third kappa shape index (κ3) is 8.23. The summed E-state index contributed by atoms with van der Waals surface area (Å²) < 4.78 is 0. The number of aliphatic hydroxyl groups excluding tert-OH is 1. The van der Waals surface area contributed by atoms with Crippen LogP contribution in [0.4, 0.5) is 0 Å². The van der Waals surface area contributed by atoms with E-state index in [1.807, 2.05) is 6.08 Å². The molecule has 0 atom stereocenters. The Balaban J connectivity index is 3.65. The van der Waals surface area contributed by atoms with Crippen molar-refractivity contribution in [2.45, 2.75) is 26.3 Å². The molecule has 84 valence electrons. The Morgan fingerprint density at radius 1 is 1.36 bits per heavy atom. The molecular weight excluding hydrogens is 176 g/mol. The van der Waals surface area contributed by atoms with E-state index >= 15 is 0 Å². The quantitative estimate of drug-likeness (QED) is 0.598. The van der Waals surface area contributed by atoms with Crippen molar-refractivity contribution in [2.75, 3.05) is 32.8 Å². The van der Waals surface area contributed by atoms with Gasteiger partial charge >= 0.3 is 0 Å². The van der Waals surface area contributed by atoms with E-state index in [-0.39, 0.29) is 12.1 Å². The third-order valence-corrected chi connectivity index (χ3v) is 1.89. The van der Waals surface area contributed by atoms with Gasteiger partial charge in [0.25, 0.3) is 0 Å².